The van der Waals surface area contributed by atoms with Crippen LogP contribution < -0.4 is 0 Å². The zero-order chi connectivity index (χ0) is 33.9. The Kier molecular flexibility index (Phi) is 32.8. The average molecular weight is 654 g/mol. The Morgan fingerprint density at radius 3 is 0.809 bits per heavy atom. The van der Waals surface area contributed by atoms with E-state index in [4.69, 9.17) is 9.97 Å². The molecule has 0 aliphatic heterocycles. The molecule has 0 fully saturated rings. The molecular formula is C45H85N2. The second kappa shape index (κ2) is 34.9. The topological polar surface area (TPSA) is 25.8 Å². The molecule has 0 spiro atoms. The first kappa shape index (κ1) is 44.1. The van der Waals surface area contributed by atoms with E-state index in [-0.39, 0.29) is 0 Å². The maximum Gasteiger partial charge on any atom is 0.128 e. The van der Waals surface area contributed by atoms with Crippen molar-refractivity contribution in [2.75, 3.05) is 0 Å². The number of hydrogen-bond donors (Lipinski definition) is 0. The third-order valence-electron chi connectivity index (χ3n) is 10.5. The van der Waals surface area contributed by atoms with Crippen LogP contribution in [0.5, 0.6) is 0 Å². The van der Waals surface area contributed by atoms with Crippen molar-refractivity contribution < 1.29 is 0 Å². The van der Waals surface area contributed by atoms with Gasteiger partial charge in [-0.1, -0.05) is 213 Å². The number of aryl methyl sites for hydroxylation is 2. The summed E-state index contributed by atoms with van der Waals surface area (Å²) in [5, 5.41) is 0. The molecule has 47 heavy (non-hydrogen) atoms. The Morgan fingerprint density at radius 1 is 0.319 bits per heavy atom. The van der Waals surface area contributed by atoms with E-state index in [1.165, 1.54) is 235 Å². The van der Waals surface area contributed by atoms with Gasteiger partial charge in [0.25, 0.3) is 0 Å². The van der Waals surface area contributed by atoms with Gasteiger partial charge in [0.15, 0.2) is 0 Å². The number of aromatic nitrogens is 2. The molecule has 1 aromatic heterocycles. The fourth-order valence-corrected chi connectivity index (χ4v) is 7.33. The fraction of sp³-hybridized carbons (Fsp3) is 0.889. The van der Waals surface area contributed by atoms with E-state index >= 15 is 0 Å². The highest BCUT2D eigenvalue weighted by atomic mass is 14.9. The van der Waals surface area contributed by atoms with Crippen molar-refractivity contribution in [2.45, 2.75) is 258 Å². The largest absolute Gasteiger partial charge is 0.238 e. The number of hydrogen-bond acceptors (Lipinski definition) is 2. The zero-order valence-corrected chi connectivity index (χ0v) is 32.8. The molecule has 0 aliphatic carbocycles. The number of nitrogens with zero attached hydrogens (tertiary/aromatic N) is 2. The molecule has 0 bridgehead atoms. The van der Waals surface area contributed by atoms with Crippen molar-refractivity contribution >= 4 is 0 Å². The molecule has 0 unspecified atom stereocenters. The monoisotopic (exact) mass is 654 g/mol. The van der Waals surface area contributed by atoms with Gasteiger partial charge in [-0.3, -0.25) is 0 Å². The summed E-state index contributed by atoms with van der Waals surface area (Å²) in [4.78, 5) is 10.3. The smallest absolute Gasteiger partial charge is 0.128 e. The van der Waals surface area contributed by atoms with Gasteiger partial charge >= 0.3 is 0 Å². The van der Waals surface area contributed by atoms with Crippen molar-refractivity contribution in [1.82, 2.24) is 9.97 Å². The van der Waals surface area contributed by atoms with Gasteiger partial charge in [-0.05, 0) is 51.0 Å². The van der Waals surface area contributed by atoms with Crippen LogP contribution in [-0.4, -0.2) is 9.97 Å². The molecule has 0 amide bonds. The fourth-order valence-electron chi connectivity index (χ4n) is 7.33. The van der Waals surface area contributed by atoms with Crippen LogP contribution in [0.25, 0.3) is 0 Å². The minimum absolute atomic E-state index is 0.717. The van der Waals surface area contributed by atoms with E-state index in [0.29, 0.717) is 0 Å². The highest BCUT2D eigenvalue weighted by Crippen LogP contribution is 2.22. The minimum atomic E-state index is 0.717. The lowest BCUT2D eigenvalue weighted by atomic mass is 9.96. The van der Waals surface area contributed by atoms with Gasteiger partial charge in [0, 0.05) is 17.8 Å². The molecule has 0 saturated heterocycles. The summed E-state index contributed by atoms with van der Waals surface area (Å²) in [7, 11) is 0. The molecule has 275 valence electrons. The second-order valence-electron chi connectivity index (χ2n) is 15.1. The Bertz CT molecular complexity index is 724. The lowest BCUT2D eigenvalue weighted by Crippen LogP contribution is -2.11. The molecule has 0 aliphatic rings. The Balaban J connectivity index is 2.54. The molecule has 0 N–H and O–H groups in total. The first-order chi connectivity index (χ1) is 23.3. The van der Waals surface area contributed by atoms with E-state index in [9.17, 15) is 0 Å². The lowest BCUT2D eigenvalue weighted by Gasteiger charge is -2.16. The van der Waals surface area contributed by atoms with Gasteiger partial charge in [-0.15, -0.1) is 0 Å². The van der Waals surface area contributed by atoms with E-state index in [0.717, 1.165) is 25.1 Å². The summed E-state index contributed by atoms with van der Waals surface area (Å²) in [5.74, 6) is 0.990. The quantitative estimate of drug-likeness (QED) is 0.0668. The Morgan fingerprint density at radius 2 is 0.553 bits per heavy atom. The summed E-state index contributed by atoms with van der Waals surface area (Å²) in [6.45, 7) is 11.1. The first-order valence-electron chi connectivity index (χ1n) is 21.9. The molecule has 2 nitrogen and oxygen atoms in total. The maximum absolute atomic E-state index is 5.14. The van der Waals surface area contributed by atoms with E-state index in [2.05, 4.69) is 27.7 Å². The average Bonchev–Trinajstić information content (AvgIpc) is 3.09. The van der Waals surface area contributed by atoms with Gasteiger partial charge in [-0.2, -0.15) is 0 Å². The van der Waals surface area contributed by atoms with Crippen LogP contribution in [0.15, 0.2) is 0 Å². The Labute approximate surface area is 297 Å². The third-order valence-corrected chi connectivity index (χ3v) is 10.5. The summed E-state index contributed by atoms with van der Waals surface area (Å²) < 4.78 is 0. The van der Waals surface area contributed by atoms with Crippen molar-refractivity contribution in [3.63, 3.8) is 0 Å². The summed E-state index contributed by atoms with van der Waals surface area (Å²) >= 11 is 0. The van der Waals surface area contributed by atoms with Gasteiger partial charge in [0.05, 0.1) is 0 Å². The molecule has 0 atom stereocenters. The standard InChI is InChI=1S/C45H85N2/c1-5-9-12-15-18-21-24-27-30-33-36-39-42-43(40-37-34-31-28-25-22-19-16-13-10-6-2)46-45(8-4)47-44(42)41-38-35-32-29-26-23-20-17-14-11-7-3/h4-41H2,1-3H3. The minimum Gasteiger partial charge on any atom is -0.238 e. The van der Waals surface area contributed by atoms with Crippen molar-refractivity contribution in [1.29, 1.82) is 0 Å². The van der Waals surface area contributed by atoms with Crippen LogP contribution in [0, 0.1) is 6.92 Å². The molecule has 1 heterocycles. The number of rotatable bonds is 37. The van der Waals surface area contributed by atoms with Crippen LogP contribution in [0.3, 0.4) is 0 Å². The van der Waals surface area contributed by atoms with Crippen LogP contribution >= 0.6 is 0 Å². The van der Waals surface area contributed by atoms with Crippen LogP contribution in [-0.2, 0) is 25.7 Å². The van der Waals surface area contributed by atoms with Crippen LogP contribution in [0.4, 0.5) is 0 Å². The van der Waals surface area contributed by atoms with Crippen LogP contribution in [0.1, 0.15) is 255 Å². The summed E-state index contributed by atoms with van der Waals surface area (Å²) in [6, 6.07) is 0. The third kappa shape index (κ3) is 26.6. The van der Waals surface area contributed by atoms with Gasteiger partial charge in [0.2, 0.25) is 0 Å². The summed E-state index contributed by atoms with van der Waals surface area (Å²) in [5.41, 5.74) is 4.32. The second-order valence-corrected chi connectivity index (χ2v) is 15.1. The predicted octanol–water partition coefficient (Wildman–Crippen LogP) is 15.4. The molecule has 2 heteroatoms. The Hall–Kier alpha value is -0.920. The van der Waals surface area contributed by atoms with E-state index in [1.807, 2.05) is 0 Å². The van der Waals surface area contributed by atoms with Crippen molar-refractivity contribution in [2.24, 2.45) is 0 Å². The number of unbranched alkanes of at least 4 members (excludes halogenated alkanes) is 30. The van der Waals surface area contributed by atoms with Crippen LogP contribution in [0.2, 0.25) is 0 Å². The zero-order valence-electron chi connectivity index (χ0n) is 32.8. The molecule has 0 aromatic carbocycles. The van der Waals surface area contributed by atoms with Crippen molar-refractivity contribution in [3.05, 3.63) is 29.7 Å². The molecule has 1 aromatic rings. The van der Waals surface area contributed by atoms with Crippen molar-refractivity contribution in [3.8, 4) is 0 Å². The van der Waals surface area contributed by atoms with Gasteiger partial charge < -0.3 is 0 Å². The normalized spacial score (nSPS) is 11.6. The predicted molar refractivity (Wildman–Crippen MR) is 212 cm³/mol. The highest BCUT2D eigenvalue weighted by molar-refractivity contribution is 5.27. The molecule has 1 radical (unpaired) electrons. The molecule has 0 saturated carbocycles. The first-order valence-corrected chi connectivity index (χ1v) is 21.9. The van der Waals surface area contributed by atoms with E-state index in [1.54, 1.807) is 0 Å². The van der Waals surface area contributed by atoms with Gasteiger partial charge in [-0.25, -0.2) is 9.97 Å². The maximum atomic E-state index is 5.14. The highest BCUT2D eigenvalue weighted by Gasteiger charge is 2.14. The van der Waals surface area contributed by atoms with E-state index < -0.39 is 0 Å². The SMILES string of the molecule is [CH2]Cc1nc(CCCCCCCCCCCCC)c(CCCCCCCCCCCCC)c(CCCCCCCCCCCCC)n1. The van der Waals surface area contributed by atoms with Gasteiger partial charge in [0.1, 0.15) is 5.82 Å². The lowest BCUT2D eigenvalue weighted by molar-refractivity contribution is 0.542. The molecule has 1 rings (SSSR count). The molecular weight excluding hydrogens is 569 g/mol. The summed E-state index contributed by atoms with van der Waals surface area (Å²) in [6.07, 6.45) is 50.5.